The zero-order chi connectivity index (χ0) is 49.0. The molecule has 0 aromatic heterocycles. The number of aliphatic hydroxyl groups is 2. The fraction of sp³-hybridized carbons (Fsp3) is 0.936. The van der Waals surface area contributed by atoms with Crippen LogP contribution in [0.3, 0.4) is 0 Å². The average Bonchev–Trinajstić information content (AvgIpc) is 3.32. The Morgan fingerprint density at radius 2 is 1.03 bits per heavy atom. The lowest BCUT2D eigenvalue weighted by Crippen LogP contribution is -2.50. The largest absolute Gasteiger partial charge is 0.500 e. The van der Waals surface area contributed by atoms with E-state index in [9.17, 15) is 24.6 Å². The van der Waals surface area contributed by atoms with E-state index in [0.717, 1.165) is 103 Å². The van der Waals surface area contributed by atoms with Gasteiger partial charge in [-0.05, 0) is 109 Å². The minimum absolute atomic E-state index is 0.0196. The molecule has 2 aliphatic rings. The molecule has 0 spiro atoms. The van der Waals surface area contributed by atoms with Gasteiger partial charge in [-0.3, -0.25) is 4.79 Å². The highest BCUT2D eigenvalue weighted by Crippen LogP contribution is 2.36. The minimum atomic E-state index is -2.87. The van der Waals surface area contributed by atoms with Crippen LogP contribution in [-0.4, -0.2) is 169 Å². The maximum absolute atomic E-state index is 13.9. The Hall–Kier alpha value is -1.92. The summed E-state index contributed by atoms with van der Waals surface area (Å²) in [6, 6.07) is 0.721. The Bertz CT molecular complexity index is 1300. The molecule has 4 amide bonds. The Balaban J connectivity index is 1.93. The van der Waals surface area contributed by atoms with E-state index in [-0.39, 0.29) is 56.4 Å². The van der Waals surface area contributed by atoms with Gasteiger partial charge >= 0.3 is 35.6 Å². The van der Waals surface area contributed by atoms with Gasteiger partial charge in [0.05, 0.1) is 31.2 Å². The second-order valence-electron chi connectivity index (χ2n) is 19.0. The van der Waals surface area contributed by atoms with Crippen LogP contribution in [0.4, 0.5) is 9.59 Å². The summed E-state index contributed by atoms with van der Waals surface area (Å²) in [5, 5.41) is 28.4. The van der Waals surface area contributed by atoms with Crippen LogP contribution < -0.4 is 10.6 Å². The average molecular weight is 979 g/mol. The van der Waals surface area contributed by atoms with Gasteiger partial charge in [-0.1, -0.05) is 46.5 Å². The molecule has 388 valence electrons. The van der Waals surface area contributed by atoms with Crippen LogP contribution in [0.15, 0.2) is 0 Å². The van der Waals surface area contributed by atoms with Gasteiger partial charge in [-0.25, -0.2) is 9.59 Å². The monoisotopic (exact) mass is 979 g/mol. The first-order valence-corrected chi connectivity index (χ1v) is 29.0. The maximum Gasteiger partial charge on any atom is 0.500 e. The van der Waals surface area contributed by atoms with Crippen molar-refractivity contribution in [3.63, 3.8) is 0 Å². The van der Waals surface area contributed by atoms with E-state index in [1.54, 1.807) is 52.5 Å². The van der Waals surface area contributed by atoms with Gasteiger partial charge in [-0.15, -0.1) is 0 Å². The molecule has 4 N–H and O–H groups in total. The van der Waals surface area contributed by atoms with Crippen LogP contribution in [0.1, 0.15) is 143 Å². The Labute approximate surface area is 401 Å². The molecular weight excluding hydrogens is 885 g/mol. The molecule has 0 saturated heterocycles. The smallest absolute Gasteiger partial charge is 0.462 e. The molecule has 0 aromatic rings. The van der Waals surface area contributed by atoms with Crippen molar-refractivity contribution >= 4 is 35.6 Å². The summed E-state index contributed by atoms with van der Waals surface area (Å²) in [7, 11) is 3.76. The number of aliphatic hydroxyl groups excluding tert-OH is 2. The van der Waals surface area contributed by atoms with E-state index >= 15 is 0 Å². The van der Waals surface area contributed by atoms with E-state index in [1.807, 2.05) is 6.92 Å². The lowest BCUT2D eigenvalue weighted by Gasteiger charge is -2.36. The number of ether oxygens (including phenoxy) is 2. The topological polar surface area (TPSA) is 196 Å². The van der Waals surface area contributed by atoms with E-state index in [1.165, 1.54) is 0 Å². The number of carbonyl (C=O) groups excluding carboxylic acids is 3. The molecule has 0 radical (unpaired) electrons. The zero-order valence-electron chi connectivity index (χ0n) is 42.8. The minimum Gasteiger partial charge on any atom is -0.462 e. The molecule has 3 unspecified atom stereocenters. The Morgan fingerprint density at radius 3 is 1.42 bits per heavy atom. The third kappa shape index (κ3) is 21.4. The third-order valence-corrected chi connectivity index (χ3v) is 19.5. The van der Waals surface area contributed by atoms with Gasteiger partial charge in [-0.2, -0.15) is 0 Å². The molecule has 2 fully saturated rings. The van der Waals surface area contributed by atoms with Gasteiger partial charge < -0.3 is 66.7 Å². The summed E-state index contributed by atoms with van der Waals surface area (Å²) in [5.41, 5.74) is -0.597. The standard InChI is InChI=1S/C47H94N4O13Si2/c1-11-14-27-47(4,26-13-3)44(54)64-37-43(53)35-51(29-17-32-66(60-8,61-9)62-10)46(56)49-41-24-20-39(21-25-41)33-38-18-22-40(23-19-38)48-45(55)50(34-42(52)36-63-30-15-12-2)28-16-31-65(57-5,58-6)59-7/h38-43,52-53H,11-37H2,1-10H3,(H,48,55)(H,49,56). The lowest BCUT2D eigenvalue weighted by atomic mass is 9.75. The van der Waals surface area contributed by atoms with Gasteiger partial charge in [0, 0.05) is 86.5 Å². The molecule has 0 aliphatic heterocycles. The highest BCUT2D eigenvalue weighted by Gasteiger charge is 2.39. The van der Waals surface area contributed by atoms with Crippen LogP contribution >= 0.6 is 0 Å². The number of rotatable bonds is 35. The number of esters is 1. The van der Waals surface area contributed by atoms with Gasteiger partial charge in [0.1, 0.15) is 12.7 Å². The zero-order valence-corrected chi connectivity index (χ0v) is 44.8. The summed E-state index contributed by atoms with van der Waals surface area (Å²) in [6.45, 7) is 9.74. The highest BCUT2D eigenvalue weighted by atomic mass is 28.4. The molecule has 2 saturated carbocycles. The molecule has 17 nitrogen and oxygen atoms in total. The normalized spacial score (nSPS) is 21.1. The highest BCUT2D eigenvalue weighted by molar-refractivity contribution is 6.60. The van der Waals surface area contributed by atoms with Crippen LogP contribution in [-0.2, 0) is 40.8 Å². The second-order valence-corrected chi connectivity index (χ2v) is 25.2. The Kier molecular flexibility index (Phi) is 29.9. The predicted molar refractivity (Wildman–Crippen MR) is 260 cm³/mol. The second kappa shape index (κ2) is 32.8. The van der Waals surface area contributed by atoms with E-state index in [4.69, 9.17) is 36.0 Å². The molecule has 66 heavy (non-hydrogen) atoms. The van der Waals surface area contributed by atoms with Gasteiger partial charge in [0.15, 0.2) is 0 Å². The van der Waals surface area contributed by atoms with Crippen LogP contribution in [0.5, 0.6) is 0 Å². The van der Waals surface area contributed by atoms with Crippen molar-refractivity contribution in [3.05, 3.63) is 0 Å². The Morgan fingerprint density at radius 1 is 0.606 bits per heavy atom. The van der Waals surface area contributed by atoms with E-state index in [2.05, 4.69) is 31.4 Å². The van der Waals surface area contributed by atoms with Crippen molar-refractivity contribution in [2.24, 2.45) is 17.3 Å². The summed E-state index contributed by atoms with van der Waals surface area (Å²) in [4.78, 5) is 44.0. The molecular formula is C47H94N4O13Si2. The maximum atomic E-state index is 13.9. The van der Waals surface area contributed by atoms with Gasteiger partial charge in [0.25, 0.3) is 0 Å². The first-order chi connectivity index (χ1) is 31.6. The first-order valence-electron chi connectivity index (χ1n) is 25.2. The van der Waals surface area contributed by atoms with Crippen molar-refractivity contribution in [2.75, 3.05) is 88.7 Å². The van der Waals surface area contributed by atoms with E-state index in [0.29, 0.717) is 56.5 Å². The number of amides is 4. The number of nitrogens with zero attached hydrogens (tertiary/aromatic N) is 2. The van der Waals surface area contributed by atoms with Crippen molar-refractivity contribution in [1.82, 2.24) is 20.4 Å². The third-order valence-electron chi connectivity index (χ3n) is 13.9. The fourth-order valence-corrected chi connectivity index (χ4v) is 13.0. The molecule has 0 aromatic carbocycles. The van der Waals surface area contributed by atoms with Gasteiger partial charge in [0.2, 0.25) is 0 Å². The van der Waals surface area contributed by atoms with Crippen molar-refractivity contribution in [1.29, 1.82) is 0 Å². The summed E-state index contributed by atoms with van der Waals surface area (Å²) >= 11 is 0. The molecule has 0 bridgehead atoms. The van der Waals surface area contributed by atoms with Crippen molar-refractivity contribution < 1.29 is 60.6 Å². The fourth-order valence-electron chi connectivity index (χ4n) is 9.60. The SMILES string of the molecule is CCCCOCC(O)CN(CCC[Si](OC)(OC)OC)C(=O)NC1CCC(CC2CCC(NC(=O)N(CCC[Si](OC)(OC)OC)CC(O)COC(=O)C(C)(CCC)CCCC)CC2)CC1. The van der Waals surface area contributed by atoms with E-state index < -0.39 is 35.2 Å². The molecule has 19 heteroatoms. The molecule has 0 heterocycles. The molecule has 2 rings (SSSR count). The predicted octanol–water partition coefficient (Wildman–Crippen LogP) is 7.13. The number of unbranched alkanes of at least 4 members (excludes halogenated alkanes) is 2. The summed E-state index contributed by atoms with van der Waals surface area (Å²) < 4.78 is 44.9. The first kappa shape index (κ1) is 60.2. The number of hydrogen-bond donors (Lipinski definition) is 4. The quantitative estimate of drug-likeness (QED) is 0.0285. The van der Waals surface area contributed by atoms with Crippen LogP contribution in [0.25, 0.3) is 0 Å². The van der Waals surface area contributed by atoms with Crippen LogP contribution in [0, 0.1) is 17.3 Å². The number of nitrogens with one attached hydrogen (secondary N) is 2. The summed E-state index contributed by atoms with van der Waals surface area (Å²) in [5.74, 6) is 0.862. The van der Waals surface area contributed by atoms with Crippen molar-refractivity contribution in [3.8, 4) is 0 Å². The lowest BCUT2D eigenvalue weighted by molar-refractivity contribution is -0.159. The van der Waals surface area contributed by atoms with Crippen LogP contribution in [0.2, 0.25) is 12.1 Å². The van der Waals surface area contributed by atoms with Crippen molar-refractivity contribution in [2.45, 2.75) is 180 Å². The molecule has 2 aliphatic carbocycles. The number of hydrogen-bond acceptors (Lipinski definition) is 13. The summed E-state index contributed by atoms with van der Waals surface area (Å²) in [6.07, 6.45) is 14.3. The number of urea groups is 2. The number of carbonyl (C=O) groups is 3. The molecule has 3 atom stereocenters.